The molecule has 2 aromatic heterocycles. The van der Waals surface area contributed by atoms with Crippen molar-refractivity contribution in [3.8, 4) is 22.4 Å². The number of benzene rings is 2. The summed E-state index contributed by atoms with van der Waals surface area (Å²) < 4.78 is 44.4. The van der Waals surface area contributed by atoms with Gasteiger partial charge in [-0.15, -0.1) is 0 Å². The number of hydrogen-bond donors (Lipinski definition) is 1. The van der Waals surface area contributed by atoms with Crippen molar-refractivity contribution in [1.29, 1.82) is 0 Å². The second kappa shape index (κ2) is 14.3. The molecule has 1 saturated heterocycles. The van der Waals surface area contributed by atoms with E-state index in [9.17, 15) is 14.4 Å². The van der Waals surface area contributed by atoms with E-state index in [0.717, 1.165) is 0 Å². The number of piperazine rings is 1. The van der Waals surface area contributed by atoms with Gasteiger partial charge in [-0.05, 0) is 52.0 Å². The minimum atomic E-state index is -1.09. The summed E-state index contributed by atoms with van der Waals surface area (Å²) in [5.74, 6) is -3.13. The van der Waals surface area contributed by atoms with E-state index in [2.05, 4.69) is 15.4 Å². The van der Waals surface area contributed by atoms with E-state index in [4.69, 9.17) is 21.1 Å². The number of hydrogen-bond acceptors (Lipinski definition) is 7. The standard InChI is InChI=1S/C34H38ClF2N7O5/c1-20-25(18-39-44(20)15-16-48-6)22-9-10-24(29(37)28(22)36)27-19-38-30(41(27)5)31(45)40-21-7-8-23(26(35)17-21)32(46)42-11-13-43(14-12-42)33(47)49-34(2,3)4/h7-10,17-19H,11-16H2,1-6H3,(H,40,45). The van der Waals surface area contributed by atoms with E-state index >= 15 is 8.78 Å². The lowest BCUT2D eigenvalue weighted by atomic mass is 10.0. The quantitative estimate of drug-likeness (QED) is 0.248. The van der Waals surface area contributed by atoms with Crippen molar-refractivity contribution in [3.05, 3.63) is 76.5 Å². The van der Waals surface area contributed by atoms with Gasteiger partial charge >= 0.3 is 6.09 Å². The third kappa shape index (κ3) is 7.60. The molecule has 15 heteroatoms. The molecule has 5 rings (SSSR count). The highest BCUT2D eigenvalue weighted by atomic mass is 35.5. The Hall–Kier alpha value is -4.82. The Morgan fingerprint density at radius 3 is 2.27 bits per heavy atom. The molecule has 0 spiro atoms. The number of imidazole rings is 1. The zero-order chi connectivity index (χ0) is 35.6. The summed E-state index contributed by atoms with van der Waals surface area (Å²) in [6.45, 7) is 9.28. The number of nitrogens with zero attached hydrogens (tertiary/aromatic N) is 6. The molecule has 1 N–H and O–H groups in total. The second-order valence-corrected chi connectivity index (χ2v) is 13.0. The lowest BCUT2D eigenvalue weighted by Crippen LogP contribution is -2.51. The maximum atomic E-state index is 15.5. The third-order valence-electron chi connectivity index (χ3n) is 8.13. The van der Waals surface area contributed by atoms with Gasteiger partial charge in [0, 0.05) is 68.4 Å². The molecule has 0 atom stereocenters. The molecule has 3 heterocycles. The molecule has 0 unspecified atom stereocenters. The van der Waals surface area contributed by atoms with Crippen molar-refractivity contribution >= 4 is 35.2 Å². The number of halogens is 3. The Morgan fingerprint density at radius 2 is 1.61 bits per heavy atom. The fourth-order valence-electron chi connectivity index (χ4n) is 5.48. The van der Waals surface area contributed by atoms with Gasteiger partial charge < -0.3 is 29.2 Å². The predicted molar refractivity (Wildman–Crippen MR) is 180 cm³/mol. The fourth-order valence-corrected chi connectivity index (χ4v) is 5.74. The van der Waals surface area contributed by atoms with Crippen molar-refractivity contribution in [2.45, 2.75) is 39.8 Å². The maximum Gasteiger partial charge on any atom is 0.410 e. The van der Waals surface area contributed by atoms with Crippen LogP contribution in [0, 0.1) is 18.6 Å². The number of anilines is 1. The van der Waals surface area contributed by atoms with E-state index < -0.39 is 29.2 Å². The molecule has 0 aliphatic carbocycles. The Morgan fingerprint density at radius 1 is 0.959 bits per heavy atom. The number of carbonyl (C=O) groups excluding carboxylic acids is 3. The molecule has 1 aliphatic rings. The summed E-state index contributed by atoms with van der Waals surface area (Å²) in [4.78, 5) is 46.1. The molecule has 2 aromatic carbocycles. The molecule has 260 valence electrons. The molecule has 0 radical (unpaired) electrons. The smallest absolute Gasteiger partial charge is 0.410 e. The lowest BCUT2D eigenvalue weighted by Gasteiger charge is -2.35. The van der Waals surface area contributed by atoms with Crippen LogP contribution in [0.15, 0.2) is 42.7 Å². The summed E-state index contributed by atoms with van der Waals surface area (Å²) >= 11 is 6.47. The number of amides is 3. The topological polar surface area (TPSA) is 124 Å². The van der Waals surface area contributed by atoms with Crippen LogP contribution in [0.5, 0.6) is 0 Å². The molecule has 1 aliphatic heterocycles. The van der Waals surface area contributed by atoms with Crippen LogP contribution in [0.2, 0.25) is 5.02 Å². The minimum Gasteiger partial charge on any atom is -0.444 e. The minimum absolute atomic E-state index is 0.0596. The van der Waals surface area contributed by atoms with Crippen LogP contribution in [0.25, 0.3) is 22.4 Å². The van der Waals surface area contributed by atoms with E-state index in [1.54, 1.807) is 49.3 Å². The molecule has 1 fully saturated rings. The van der Waals surface area contributed by atoms with Gasteiger partial charge in [0.2, 0.25) is 0 Å². The molecular weight excluding hydrogens is 660 g/mol. The van der Waals surface area contributed by atoms with E-state index in [0.29, 0.717) is 56.3 Å². The second-order valence-electron chi connectivity index (χ2n) is 12.6. The van der Waals surface area contributed by atoms with Gasteiger partial charge in [0.05, 0.1) is 41.8 Å². The normalized spacial score (nSPS) is 13.5. The van der Waals surface area contributed by atoms with Gasteiger partial charge in [0.25, 0.3) is 11.8 Å². The van der Waals surface area contributed by atoms with E-state index in [1.165, 1.54) is 54.3 Å². The van der Waals surface area contributed by atoms with Crippen LogP contribution in [0.3, 0.4) is 0 Å². The first-order valence-electron chi connectivity index (χ1n) is 15.6. The van der Waals surface area contributed by atoms with Gasteiger partial charge in [-0.1, -0.05) is 17.7 Å². The van der Waals surface area contributed by atoms with E-state index in [1.807, 2.05) is 0 Å². The number of aromatic nitrogens is 4. The van der Waals surface area contributed by atoms with Crippen LogP contribution in [-0.2, 0) is 23.1 Å². The van der Waals surface area contributed by atoms with Crippen LogP contribution in [0.1, 0.15) is 47.4 Å². The number of rotatable bonds is 8. The van der Waals surface area contributed by atoms with Crippen molar-refractivity contribution in [2.75, 3.05) is 45.2 Å². The molecule has 4 aromatic rings. The number of methoxy groups -OCH3 is 1. The Balaban J connectivity index is 1.26. The van der Waals surface area contributed by atoms with Crippen LogP contribution < -0.4 is 5.32 Å². The Labute approximate surface area is 287 Å². The summed E-state index contributed by atoms with van der Waals surface area (Å²) in [5.41, 5.74) is 1.22. The highest BCUT2D eigenvalue weighted by molar-refractivity contribution is 6.34. The molecule has 12 nitrogen and oxygen atoms in total. The van der Waals surface area contributed by atoms with Crippen LogP contribution in [0.4, 0.5) is 19.3 Å². The number of carbonyl (C=O) groups is 3. The van der Waals surface area contributed by atoms with Crippen molar-refractivity contribution in [2.24, 2.45) is 7.05 Å². The van der Waals surface area contributed by atoms with Crippen molar-refractivity contribution in [3.63, 3.8) is 0 Å². The summed E-state index contributed by atoms with van der Waals surface area (Å²) in [6, 6.07) is 7.39. The molecular formula is C34H38ClF2N7O5. The van der Waals surface area contributed by atoms with Gasteiger partial charge in [-0.2, -0.15) is 5.10 Å². The van der Waals surface area contributed by atoms with Gasteiger partial charge in [0.1, 0.15) is 5.60 Å². The average Bonchev–Trinajstić information content (AvgIpc) is 3.61. The van der Waals surface area contributed by atoms with Gasteiger partial charge in [-0.3, -0.25) is 14.3 Å². The Bertz CT molecular complexity index is 1890. The largest absolute Gasteiger partial charge is 0.444 e. The monoisotopic (exact) mass is 697 g/mol. The van der Waals surface area contributed by atoms with Crippen LogP contribution >= 0.6 is 11.6 Å². The Kier molecular flexibility index (Phi) is 10.4. The zero-order valence-corrected chi connectivity index (χ0v) is 28.9. The van der Waals surface area contributed by atoms with Crippen LogP contribution in [-0.4, -0.2) is 92.5 Å². The average molecular weight is 698 g/mol. The molecule has 49 heavy (non-hydrogen) atoms. The van der Waals surface area contributed by atoms with Crippen molar-refractivity contribution < 1.29 is 32.6 Å². The number of ether oxygens (including phenoxy) is 2. The van der Waals surface area contributed by atoms with E-state index in [-0.39, 0.29) is 39.1 Å². The summed E-state index contributed by atoms with van der Waals surface area (Å²) in [6.07, 6.45) is 2.35. The first-order chi connectivity index (χ1) is 23.2. The highest BCUT2D eigenvalue weighted by Gasteiger charge is 2.29. The predicted octanol–water partition coefficient (Wildman–Crippen LogP) is 5.78. The summed E-state index contributed by atoms with van der Waals surface area (Å²) in [5, 5.41) is 7.07. The lowest BCUT2D eigenvalue weighted by molar-refractivity contribution is 0.0141. The SMILES string of the molecule is COCCn1ncc(-c2ccc(-c3cnc(C(=O)Nc4ccc(C(=O)N5CCN(C(=O)OC(C)(C)C)CC5)c(Cl)c4)n3C)c(F)c2F)c1C. The van der Waals surface area contributed by atoms with Gasteiger partial charge in [0.15, 0.2) is 17.5 Å². The molecule has 0 saturated carbocycles. The first-order valence-corrected chi connectivity index (χ1v) is 16.0. The summed E-state index contributed by atoms with van der Waals surface area (Å²) in [7, 11) is 3.09. The molecule has 3 amide bonds. The maximum absolute atomic E-state index is 15.5. The van der Waals surface area contributed by atoms with Gasteiger partial charge in [-0.25, -0.2) is 18.6 Å². The number of nitrogens with one attached hydrogen (secondary N) is 1. The highest BCUT2D eigenvalue weighted by Crippen LogP contribution is 2.33. The fraction of sp³-hybridized carbons (Fsp3) is 0.382. The third-order valence-corrected chi connectivity index (χ3v) is 8.44. The zero-order valence-electron chi connectivity index (χ0n) is 28.1. The first kappa shape index (κ1) is 35.5. The van der Waals surface area contributed by atoms with Crippen molar-refractivity contribution in [1.82, 2.24) is 29.1 Å². The molecule has 0 bridgehead atoms.